The van der Waals surface area contributed by atoms with Crippen molar-refractivity contribution in [1.29, 1.82) is 0 Å². The third-order valence-corrected chi connectivity index (χ3v) is 2.26. The summed E-state index contributed by atoms with van der Waals surface area (Å²) >= 11 is 0. The van der Waals surface area contributed by atoms with Gasteiger partial charge >= 0.3 is 12.1 Å². The Hall–Kier alpha value is -1.53. The molecule has 1 rings (SSSR count). The first kappa shape index (κ1) is 12.5. The fourth-order valence-corrected chi connectivity index (χ4v) is 1.12. The SMILES string of the molecule is Cc1cn(C(C)(C)C(=O)O)nc1C(F)(F)F. The van der Waals surface area contributed by atoms with Crippen LogP contribution in [0.5, 0.6) is 0 Å². The van der Waals surface area contributed by atoms with Crippen LogP contribution in [0.2, 0.25) is 0 Å². The summed E-state index contributed by atoms with van der Waals surface area (Å²) in [7, 11) is 0. The van der Waals surface area contributed by atoms with Gasteiger partial charge in [0.05, 0.1) is 0 Å². The summed E-state index contributed by atoms with van der Waals surface area (Å²) in [5.74, 6) is -1.25. The number of carboxylic acid groups (broad SMARTS) is 1. The first-order valence-corrected chi connectivity index (χ1v) is 4.44. The highest BCUT2D eigenvalue weighted by Gasteiger charge is 2.39. The Balaban J connectivity index is 3.26. The van der Waals surface area contributed by atoms with Crippen LogP contribution in [0.3, 0.4) is 0 Å². The summed E-state index contributed by atoms with van der Waals surface area (Å²) < 4.78 is 38.1. The van der Waals surface area contributed by atoms with Crippen LogP contribution >= 0.6 is 0 Å². The lowest BCUT2D eigenvalue weighted by molar-refractivity contribution is -0.148. The molecule has 16 heavy (non-hydrogen) atoms. The standard InChI is InChI=1S/C9H11F3N2O2/c1-5-4-14(8(2,3)7(15)16)13-6(5)9(10,11)12/h4H,1-3H3,(H,15,16). The molecule has 1 N–H and O–H groups in total. The average molecular weight is 236 g/mol. The van der Waals surface area contributed by atoms with Gasteiger partial charge in [-0.1, -0.05) is 0 Å². The van der Waals surface area contributed by atoms with Gasteiger partial charge in [0.25, 0.3) is 0 Å². The fraction of sp³-hybridized carbons (Fsp3) is 0.556. The van der Waals surface area contributed by atoms with E-state index < -0.39 is 23.4 Å². The van der Waals surface area contributed by atoms with Crippen molar-refractivity contribution in [3.05, 3.63) is 17.5 Å². The first-order chi connectivity index (χ1) is 7.06. The van der Waals surface area contributed by atoms with Gasteiger partial charge in [0, 0.05) is 6.20 Å². The van der Waals surface area contributed by atoms with E-state index in [0.717, 1.165) is 10.9 Å². The van der Waals surface area contributed by atoms with Crippen LogP contribution in [0.15, 0.2) is 6.20 Å². The van der Waals surface area contributed by atoms with Crippen LogP contribution in [-0.2, 0) is 16.5 Å². The molecular formula is C9H11F3N2O2. The van der Waals surface area contributed by atoms with Crippen LogP contribution in [-0.4, -0.2) is 20.9 Å². The molecule has 7 heteroatoms. The lowest BCUT2D eigenvalue weighted by Crippen LogP contribution is -2.36. The molecule has 1 aromatic heterocycles. The quantitative estimate of drug-likeness (QED) is 0.854. The Morgan fingerprint density at radius 2 is 1.94 bits per heavy atom. The van der Waals surface area contributed by atoms with E-state index in [2.05, 4.69) is 5.10 Å². The Morgan fingerprint density at radius 3 is 2.25 bits per heavy atom. The average Bonchev–Trinajstić information content (AvgIpc) is 2.46. The third kappa shape index (κ3) is 2.02. The molecule has 0 atom stereocenters. The summed E-state index contributed by atoms with van der Waals surface area (Å²) in [6.45, 7) is 3.80. The van der Waals surface area contributed by atoms with Crippen molar-refractivity contribution < 1.29 is 23.1 Å². The van der Waals surface area contributed by atoms with Crippen LogP contribution in [0, 0.1) is 6.92 Å². The van der Waals surface area contributed by atoms with Gasteiger partial charge in [-0.15, -0.1) is 0 Å². The molecule has 0 aliphatic heterocycles. The van der Waals surface area contributed by atoms with Crippen molar-refractivity contribution in [3.8, 4) is 0 Å². The van der Waals surface area contributed by atoms with E-state index in [-0.39, 0.29) is 5.56 Å². The van der Waals surface area contributed by atoms with E-state index in [1.807, 2.05) is 0 Å². The van der Waals surface area contributed by atoms with E-state index in [9.17, 15) is 18.0 Å². The number of alkyl halides is 3. The second-order valence-electron chi connectivity index (χ2n) is 3.97. The summed E-state index contributed by atoms with van der Waals surface area (Å²) in [4.78, 5) is 10.8. The topological polar surface area (TPSA) is 55.1 Å². The molecule has 0 spiro atoms. The molecule has 1 heterocycles. The smallest absolute Gasteiger partial charge is 0.435 e. The van der Waals surface area contributed by atoms with E-state index in [1.165, 1.54) is 20.8 Å². The monoisotopic (exact) mass is 236 g/mol. The molecule has 0 radical (unpaired) electrons. The summed E-state index contributed by atoms with van der Waals surface area (Å²) in [6.07, 6.45) is -3.49. The molecule has 90 valence electrons. The zero-order chi connectivity index (χ0) is 12.7. The number of nitrogens with zero attached hydrogens (tertiary/aromatic N) is 2. The molecule has 0 aliphatic rings. The summed E-state index contributed by atoms with van der Waals surface area (Å²) in [5, 5.41) is 12.1. The number of carbonyl (C=O) groups is 1. The lowest BCUT2D eigenvalue weighted by Gasteiger charge is -2.19. The van der Waals surface area contributed by atoms with Crippen molar-refractivity contribution >= 4 is 5.97 Å². The maximum absolute atomic E-state index is 12.4. The normalized spacial score (nSPS) is 12.9. The number of halogens is 3. The number of aliphatic carboxylic acids is 1. The van der Waals surface area contributed by atoms with Crippen molar-refractivity contribution in [3.63, 3.8) is 0 Å². The Bertz CT molecular complexity index is 421. The zero-order valence-electron chi connectivity index (χ0n) is 8.96. The lowest BCUT2D eigenvalue weighted by atomic mass is 10.1. The van der Waals surface area contributed by atoms with Gasteiger partial charge in [-0.3, -0.25) is 4.68 Å². The molecule has 0 saturated carbocycles. The Morgan fingerprint density at radius 1 is 1.44 bits per heavy atom. The second kappa shape index (κ2) is 3.50. The molecule has 0 saturated heterocycles. The van der Waals surface area contributed by atoms with E-state index >= 15 is 0 Å². The summed E-state index contributed by atoms with van der Waals surface area (Å²) in [5.41, 5.74) is -2.66. The third-order valence-electron chi connectivity index (χ3n) is 2.26. The van der Waals surface area contributed by atoms with Gasteiger partial charge in [-0.05, 0) is 26.3 Å². The molecule has 0 amide bonds. The van der Waals surface area contributed by atoms with Gasteiger partial charge in [-0.25, -0.2) is 4.79 Å². The molecule has 0 fully saturated rings. The van der Waals surface area contributed by atoms with E-state index in [1.54, 1.807) is 0 Å². The van der Waals surface area contributed by atoms with Gasteiger partial charge in [-0.2, -0.15) is 18.3 Å². The van der Waals surface area contributed by atoms with Crippen LogP contribution in [0.1, 0.15) is 25.1 Å². The number of rotatable bonds is 2. The minimum absolute atomic E-state index is 0.0955. The fourth-order valence-electron chi connectivity index (χ4n) is 1.12. The second-order valence-corrected chi connectivity index (χ2v) is 3.97. The van der Waals surface area contributed by atoms with E-state index in [0.29, 0.717) is 0 Å². The molecular weight excluding hydrogens is 225 g/mol. The molecule has 0 aromatic carbocycles. The predicted octanol–water partition coefficient (Wildman–Crippen LogP) is 2.03. The van der Waals surface area contributed by atoms with Crippen LogP contribution < -0.4 is 0 Å². The van der Waals surface area contributed by atoms with Crippen LogP contribution in [0.4, 0.5) is 13.2 Å². The van der Waals surface area contributed by atoms with Crippen molar-refractivity contribution in [2.24, 2.45) is 0 Å². The van der Waals surface area contributed by atoms with Gasteiger partial charge in [0.2, 0.25) is 0 Å². The van der Waals surface area contributed by atoms with E-state index in [4.69, 9.17) is 5.11 Å². The van der Waals surface area contributed by atoms with Gasteiger partial charge < -0.3 is 5.11 Å². The zero-order valence-corrected chi connectivity index (χ0v) is 8.96. The molecule has 0 unspecified atom stereocenters. The maximum Gasteiger partial charge on any atom is 0.435 e. The maximum atomic E-state index is 12.4. The number of hydrogen-bond acceptors (Lipinski definition) is 2. The Labute approximate surface area is 89.7 Å². The van der Waals surface area contributed by atoms with Crippen LogP contribution in [0.25, 0.3) is 0 Å². The van der Waals surface area contributed by atoms with Gasteiger partial charge in [0.15, 0.2) is 11.2 Å². The first-order valence-electron chi connectivity index (χ1n) is 4.44. The molecule has 0 aliphatic carbocycles. The number of aryl methyl sites for hydroxylation is 1. The number of carboxylic acids is 1. The molecule has 4 nitrogen and oxygen atoms in total. The van der Waals surface area contributed by atoms with Crippen molar-refractivity contribution in [2.45, 2.75) is 32.5 Å². The van der Waals surface area contributed by atoms with Crippen molar-refractivity contribution in [2.75, 3.05) is 0 Å². The molecule has 1 aromatic rings. The minimum atomic E-state index is -4.57. The van der Waals surface area contributed by atoms with Crippen molar-refractivity contribution in [1.82, 2.24) is 9.78 Å². The molecule has 0 bridgehead atoms. The largest absolute Gasteiger partial charge is 0.479 e. The minimum Gasteiger partial charge on any atom is -0.479 e. The number of hydrogen-bond donors (Lipinski definition) is 1. The Kier molecular flexibility index (Phi) is 2.74. The highest BCUT2D eigenvalue weighted by Crippen LogP contribution is 2.31. The highest BCUT2D eigenvalue weighted by molar-refractivity contribution is 5.75. The summed E-state index contributed by atoms with van der Waals surface area (Å²) in [6, 6.07) is 0. The highest BCUT2D eigenvalue weighted by atomic mass is 19.4. The number of aromatic nitrogens is 2. The predicted molar refractivity (Wildman–Crippen MR) is 48.9 cm³/mol. The van der Waals surface area contributed by atoms with Gasteiger partial charge in [0.1, 0.15) is 0 Å².